The minimum absolute atomic E-state index is 0.0857. The Morgan fingerprint density at radius 3 is 2.48 bits per heavy atom. The number of anilines is 2. The number of urea groups is 1. The van der Waals surface area contributed by atoms with E-state index in [-0.39, 0.29) is 28.4 Å². The molecular formula is C19H15FN4O5. The fraction of sp³-hybridized carbons (Fsp3) is 0.211. The minimum Gasteiger partial charge on any atom is -0.492 e. The van der Waals surface area contributed by atoms with Crippen LogP contribution in [-0.4, -0.2) is 40.6 Å². The normalized spacial score (nSPS) is 15.4. The fourth-order valence-electron chi connectivity index (χ4n) is 3.09. The van der Waals surface area contributed by atoms with Crippen molar-refractivity contribution >= 4 is 29.3 Å². The molecule has 0 atom stereocenters. The Bertz CT molecular complexity index is 1080. The van der Waals surface area contributed by atoms with Gasteiger partial charge in [0, 0.05) is 0 Å². The van der Waals surface area contributed by atoms with Crippen molar-refractivity contribution in [2.75, 3.05) is 16.9 Å². The van der Waals surface area contributed by atoms with Crippen molar-refractivity contribution in [3.8, 4) is 11.8 Å². The number of nitriles is 1. The van der Waals surface area contributed by atoms with Crippen molar-refractivity contribution in [1.29, 1.82) is 5.26 Å². The van der Waals surface area contributed by atoms with Gasteiger partial charge in [0.1, 0.15) is 17.3 Å². The third kappa shape index (κ3) is 2.93. The lowest BCUT2D eigenvalue weighted by Crippen LogP contribution is -2.44. The van der Waals surface area contributed by atoms with E-state index in [2.05, 4.69) is 4.98 Å². The molecule has 2 heterocycles. The van der Waals surface area contributed by atoms with E-state index in [0.717, 1.165) is 17.2 Å². The molecule has 10 heteroatoms. The summed E-state index contributed by atoms with van der Waals surface area (Å²) < 4.78 is 19.8. The molecule has 1 N–H and O–H groups in total. The quantitative estimate of drug-likeness (QED) is 0.785. The van der Waals surface area contributed by atoms with E-state index in [0.29, 0.717) is 4.90 Å². The fourth-order valence-corrected chi connectivity index (χ4v) is 3.09. The number of carboxylic acids is 1. The molecule has 0 radical (unpaired) electrons. The zero-order chi connectivity index (χ0) is 21.5. The molecular weight excluding hydrogens is 383 g/mol. The standard InChI is InChI=1S/C19H15FN4O5/c1-19(2)17(27)23(13-7-4-10(8-21)15(29-3)14(13)20)18(28)24(19)11-5-6-12(16(25)26)22-9-11/h4-7,9H,1-3H3,(H,25,26). The molecule has 29 heavy (non-hydrogen) atoms. The number of rotatable bonds is 4. The van der Waals surface area contributed by atoms with Gasteiger partial charge in [-0.3, -0.25) is 9.69 Å². The van der Waals surface area contributed by atoms with E-state index in [1.165, 1.54) is 39.2 Å². The van der Waals surface area contributed by atoms with E-state index in [4.69, 9.17) is 15.1 Å². The van der Waals surface area contributed by atoms with Gasteiger partial charge in [-0.05, 0) is 38.1 Å². The summed E-state index contributed by atoms with van der Waals surface area (Å²) in [7, 11) is 1.17. The molecule has 148 valence electrons. The lowest BCUT2D eigenvalue weighted by atomic mass is 10.0. The number of hydrogen-bond donors (Lipinski definition) is 1. The predicted molar refractivity (Wildman–Crippen MR) is 98.3 cm³/mol. The summed E-state index contributed by atoms with van der Waals surface area (Å²) in [6, 6.07) is 5.85. The van der Waals surface area contributed by atoms with Gasteiger partial charge >= 0.3 is 12.0 Å². The van der Waals surface area contributed by atoms with Crippen molar-refractivity contribution in [1.82, 2.24) is 4.98 Å². The second-order valence-corrected chi connectivity index (χ2v) is 6.62. The summed E-state index contributed by atoms with van der Waals surface area (Å²) in [5, 5.41) is 18.0. The van der Waals surface area contributed by atoms with Gasteiger partial charge in [-0.15, -0.1) is 0 Å². The van der Waals surface area contributed by atoms with Gasteiger partial charge < -0.3 is 9.84 Å². The second-order valence-electron chi connectivity index (χ2n) is 6.62. The summed E-state index contributed by atoms with van der Waals surface area (Å²) in [6.45, 7) is 2.94. The first-order valence-electron chi connectivity index (χ1n) is 8.29. The number of hydrogen-bond acceptors (Lipinski definition) is 6. The number of amides is 3. The molecule has 0 saturated carbocycles. The van der Waals surface area contributed by atoms with Crippen molar-refractivity contribution < 1.29 is 28.6 Å². The van der Waals surface area contributed by atoms with Crippen LogP contribution in [-0.2, 0) is 4.79 Å². The Kier molecular flexibility index (Phi) is 4.68. The van der Waals surface area contributed by atoms with Gasteiger partial charge in [-0.25, -0.2) is 23.9 Å². The first kappa shape index (κ1) is 19.8. The zero-order valence-corrected chi connectivity index (χ0v) is 15.6. The maximum atomic E-state index is 14.9. The van der Waals surface area contributed by atoms with Crippen molar-refractivity contribution in [2.24, 2.45) is 0 Å². The van der Waals surface area contributed by atoms with Gasteiger partial charge in [0.2, 0.25) is 0 Å². The monoisotopic (exact) mass is 398 g/mol. The minimum atomic E-state index is -1.41. The number of carboxylic acid groups (broad SMARTS) is 1. The van der Waals surface area contributed by atoms with Crippen LogP contribution in [0.1, 0.15) is 29.9 Å². The number of ether oxygens (including phenoxy) is 1. The second kappa shape index (κ2) is 6.87. The first-order valence-corrected chi connectivity index (χ1v) is 8.29. The third-order valence-corrected chi connectivity index (χ3v) is 4.54. The topological polar surface area (TPSA) is 124 Å². The molecule has 3 amide bonds. The van der Waals surface area contributed by atoms with Crippen LogP contribution in [0.3, 0.4) is 0 Å². The number of halogens is 1. The molecule has 9 nitrogen and oxygen atoms in total. The summed E-state index contributed by atoms with van der Waals surface area (Å²) in [6.07, 6.45) is 1.15. The molecule has 3 rings (SSSR count). The molecule has 0 spiro atoms. The van der Waals surface area contributed by atoms with Gasteiger partial charge in [-0.2, -0.15) is 5.26 Å². The number of imide groups is 1. The molecule has 1 aromatic carbocycles. The summed E-state index contributed by atoms with van der Waals surface area (Å²) >= 11 is 0. The highest BCUT2D eigenvalue weighted by Gasteiger charge is 2.53. The maximum Gasteiger partial charge on any atom is 0.354 e. The van der Waals surface area contributed by atoms with Crippen LogP contribution in [0, 0.1) is 17.1 Å². The number of carbonyl (C=O) groups excluding carboxylic acids is 2. The number of aromatic nitrogens is 1. The van der Waals surface area contributed by atoms with Crippen LogP contribution in [0.5, 0.6) is 5.75 Å². The number of carbonyl (C=O) groups is 3. The van der Waals surface area contributed by atoms with Crippen LogP contribution < -0.4 is 14.5 Å². The highest BCUT2D eigenvalue weighted by molar-refractivity contribution is 6.30. The molecule has 1 aliphatic heterocycles. The lowest BCUT2D eigenvalue weighted by Gasteiger charge is -2.27. The van der Waals surface area contributed by atoms with Crippen LogP contribution in [0.15, 0.2) is 30.5 Å². The average molecular weight is 398 g/mol. The van der Waals surface area contributed by atoms with E-state index in [1.807, 2.05) is 0 Å². The Morgan fingerprint density at radius 1 is 1.28 bits per heavy atom. The lowest BCUT2D eigenvalue weighted by molar-refractivity contribution is -0.120. The largest absolute Gasteiger partial charge is 0.492 e. The Labute approximate surface area is 164 Å². The number of methoxy groups -OCH3 is 1. The van der Waals surface area contributed by atoms with Crippen LogP contribution in [0.25, 0.3) is 0 Å². The van der Waals surface area contributed by atoms with E-state index >= 15 is 0 Å². The maximum absolute atomic E-state index is 14.9. The Balaban J connectivity index is 2.10. The molecule has 1 aliphatic rings. The molecule has 1 aromatic heterocycles. The average Bonchev–Trinajstić information content (AvgIpc) is 2.86. The van der Waals surface area contributed by atoms with E-state index in [9.17, 15) is 18.8 Å². The van der Waals surface area contributed by atoms with E-state index < -0.39 is 29.3 Å². The van der Waals surface area contributed by atoms with Gasteiger partial charge in [0.25, 0.3) is 5.91 Å². The Hall–Kier alpha value is -4.00. The van der Waals surface area contributed by atoms with Crippen LogP contribution >= 0.6 is 0 Å². The number of pyridine rings is 1. The predicted octanol–water partition coefficient (Wildman–Crippen LogP) is 2.55. The SMILES string of the molecule is COc1c(C#N)ccc(N2C(=O)N(c3ccc(C(=O)O)nc3)C(C)(C)C2=O)c1F. The summed E-state index contributed by atoms with van der Waals surface area (Å²) in [5.74, 6) is -3.36. The number of nitrogens with zero attached hydrogens (tertiary/aromatic N) is 4. The van der Waals surface area contributed by atoms with Crippen LogP contribution in [0.2, 0.25) is 0 Å². The molecule has 1 saturated heterocycles. The smallest absolute Gasteiger partial charge is 0.354 e. The molecule has 0 bridgehead atoms. The first-order chi connectivity index (χ1) is 13.6. The number of benzene rings is 1. The van der Waals surface area contributed by atoms with Crippen LogP contribution in [0.4, 0.5) is 20.6 Å². The highest BCUT2D eigenvalue weighted by Crippen LogP contribution is 2.39. The van der Waals surface area contributed by atoms with Crippen molar-refractivity contribution in [3.05, 3.63) is 47.5 Å². The van der Waals surface area contributed by atoms with Crippen molar-refractivity contribution in [3.63, 3.8) is 0 Å². The van der Waals surface area contributed by atoms with Gasteiger partial charge in [-0.1, -0.05) is 0 Å². The molecule has 0 unspecified atom stereocenters. The highest BCUT2D eigenvalue weighted by atomic mass is 19.1. The molecule has 2 aromatic rings. The molecule has 1 fully saturated rings. The van der Waals surface area contributed by atoms with Gasteiger partial charge in [0.15, 0.2) is 11.6 Å². The summed E-state index contributed by atoms with van der Waals surface area (Å²) in [4.78, 5) is 42.5. The molecule has 0 aliphatic carbocycles. The zero-order valence-electron chi connectivity index (χ0n) is 15.6. The van der Waals surface area contributed by atoms with Crippen molar-refractivity contribution in [2.45, 2.75) is 19.4 Å². The third-order valence-electron chi connectivity index (χ3n) is 4.54. The van der Waals surface area contributed by atoms with E-state index in [1.54, 1.807) is 6.07 Å². The van der Waals surface area contributed by atoms with Gasteiger partial charge in [0.05, 0.1) is 30.2 Å². The number of aromatic carboxylic acids is 1. The summed E-state index contributed by atoms with van der Waals surface area (Å²) in [5.41, 5.74) is -1.91. The Morgan fingerprint density at radius 2 is 1.97 bits per heavy atom.